The number of rotatable bonds is 1. The monoisotopic (exact) mass is 377 g/mol. The number of aliphatic hydroxyl groups is 1. The molecule has 0 radical (unpaired) electrons. The third-order valence-electron chi connectivity index (χ3n) is 4.03. The van der Waals surface area contributed by atoms with Gasteiger partial charge in [-0.05, 0) is 23.8 Å². The Balaban J connectivity index is 2.34. The predicted molar refractivity (Wildman–Crippen MR) is 76.2 cm³/mol. The summed E-state index contributed by atoms with van der Waals surface area (Å²) in [6, 6.07) is 5.61. The fourth-order valence-electron chi connectivity index (χ4n) is 2.80. The topological polar surface area (TPSA) is 69.6 Å². The SMILES string of the molecule is O=C1Nc2ccccc2[C@@]1(O)c1cc(C(F)(F)F)c(O)c(C(F)(F)F)c1. The lowest BCUT2D eigenvalue weighted by atomic mass is 9.85. The molecule has 4 nitrogen and oxygen atoms in total. The molecule has 3 rings (SSSR count). The summed E-state index contributed by atoms with van der Waals surface area (Å²) in [5, 5.41) is 22.4. The van der Waals surface area contributed by atoms with Gasteiger partial charge in [0.05, 0.1) is 11.1 Å². The Morgan fingerprint density at radius 1 is 0.923 bits per heavy atom. The minimum Gasteiger partial charge on any atom is -0.507 e. The van der Waals surface area contributed by atoms with Gasteiger partial charge in [-0.25, -0.2) is 0 Å². The van der Waals surface area contributed by atoms with Crippen LogP contribution in [0, 0.1) is 0 Å². The van der Waals surface area contributed by atoms with E-state index in [0.717, 1.165) is 0 Å². The van der Waals surface area contributed by atoms with Gasteiger partial charge >= 0.3 is 12.4 Å². The van der Waals surface area contributed by atoms with Gasteiger partial charge in [0, 0.05) is 11.3 Å². The molecule has 10 heteroatoms. The molecule has 0 unspecified atom stereocenters. The second-order valence-corrected chi connectivity index (χ2v) is 5.63. The van der Waals surface area contributed by atoms with Gasteiger partial charge in [-0.2, -0.15) is 26.3 Å². The van der Waals surface area contributed by atoms with E-state index in [0.29, 0.717) is 0 Å². The van der Waals surface area contributed by atoms with Gasteiger partial charge in [-0.3, -0.25) is 4.79 Å². The van der Waals surface area contributed by atoms with Crippen molar-refractivity contribution in [1.82, 2.24) is 0 Å². The Morgan fingerprint density at radius 3 is 1.92 bits per heavy atom. The van der Waals surface area contributed by atoms with Crippen LogP contribution in [0.4, 0.5) is 32.0 Å². The summed E-state index contributed by atoms with van der Waals surface area (Å²) >= 11 is 0. The molecule has 1 amide bonds. The molecular weight excluding hydrogens is 368 g/mol. The second-order valence-electron chi connectivity index (χ2n) is 5.63. The first-order valence-electron chi connectivity index (χ1n) is 7.02. The zero-order valence-corrected chi connectivity index (χ0v) is 12.5. The van der Waals surface area contributed by atoms with Crippen LogP contribution < -0.4 is 5.32 Å². The summed E-state index contributed by atoms with van der Waals surface area (Å²) in [7, 11) is 0. The molecule has 138 valence electrons. The van der Waals surface area contributed by atoms with Crippen LogP contribution in [0.3, 0.4) is 0 Å². The van der Waals surface area contributed by atoms with Gasteiger partial charge < -0.3 is 15.5 Å². The number of para-hydroxylation sites is 1. The van der Waals surface area contributed by atoms with Crippen molar-refractivity contribution in [2.24, 2.45) is 0 Å². The number of halogens is 6. The standard InChI is InChI=1S/C16H9F6NO3/c17-15(18,19)9-5-7(6-10(12(9)24)16(20,21)22)14(26)8-3-1-2-4-11(8)23-13(14)25/h1-6,24,26H,(H,23,25)/t14-/m0/s1. The minimum atomic E-state index is -5.34. The maximum Gasteiger partial charge on any atom is 0.419 e. The van der Waals surface area contributed by atoms with Crippen molar-refractivity contribution >= 4 is 11.6 Å². The van der Waals surface area contributed by atoms with Crippen molar-refractivity contribution in [2.75, 3.05) is 5.32 Å². The smallest absolute Gasteiger partial charge is 0.419 e. The average molecular weight is 377 g/mol. The van der Waals surface area contributed by atoms with Crippen LogP contribution in [0.2, 0.25) is 0 Å². The van der Waals surface area contributed by atoms with Crippen molar-refractivity contribution in [1.29, 1.82) is 0 Å². The van der Waals surface area contributed by atoms with Gasteiger partial charge in [-0.1, -0.05) is 18.2 Å². The largest absolute Gasteiger partial charge is 0.507 e. The third kappa shape index (κ3) is 2.57. The van der Waals surface area contributed by atoms with E-state index in [1.807, 2.05) is 0 Å². The van der Waals surface area contributed by atoms with E-state index < -0.39 is 46.3 Å². The molecule has 0 fully saturated rings. The van der Waals surface area contributed by atoms with E-state index in [9.17, 15) is 41.4 Å². The number of hydrogen-bond acceptors (Lipinski definition) is 3. The number of nitrogens with one attached hydrogen (secondary N) is 1. The van der Waals surface area contributed by atoms with Gasteiger partial charge in [0.2, 0.25) is 0 Å². The zero-order valence-electron chi connectivity index (χ0n) is 12.5. The van der Waals surface area contributed by atoms with Crippen molar-refractivity contribution in [2.45, 2.75) is 18.0 Å². The van der Waals surface area contributed by atoms with E-state index in [1.165, 1.54) is 24.3 Å². The summed E-state index contributed by atoms with van der Waals surface area (Å²) in [4.78, 5) is 12.2. The third-order valence-corrected chi connectivity index (χ3v) is 4.03. The first-order valence-corrected chi connectivity index (χ1v) is 7.02. The number of phenolic OH excluding ortho intramolecular Hbond substituents is 1. The molecular formula is C16H9F6NO3. The summed E-state index contributed by atoms with van der Waals surface area (Å²) in [5.41, 5.74) is -7.89. The molecule has 0 saturated carbocycles. The number of anilines is 1. The molecule has 1 heterocycles. The lowest BCUT2D eigenvalue weighted by molar-refractivity contribution is -0.146. The van der Waals surface area contributed by atoms with E-state index in [1.54, 1.807) is 0 Å². The zero-order chi connectivity index (χ0) is 19.5. The van der Waals surface area contributed by atoms with Gasteiger partial charge in [0.25, 0.3) is 5.91 Å². The van der Waals surface area contributed by atoms with Crippen LogP contribution in [0.1, 0.15) is 22.3 Å². The second kappa shape index (κ2) is 5.37. The number of aromatic hydroxyl groups is 1. The molecule has 3 N–H and O–H groups in total. The predicted octanol–water partition coefficient (Wildman–Crippen LogP) is 3.62. The summed E-state index contributed by atoms with van der Waals surface area (Å²) < 4.78 is 78.6. The Hall–Kier alpha value is -2.75. The summed E-state index contributed by atoms with van der Waals surface area (Å²) in [6.07, 6.45) is -10.7. The number of carbonyl (C=O) groups is 1. The number of phenols is 1. The van der Waals surface area contributed by atoms with Crippen LogP contribution in [-0.2, 0) is 22.7 Å². The average Bonchev–Trinajstić information content (AvgIpc) is 2.77. The lowest BCUT2D eigenvalue weighted by Gasteiger charge is -2.25. The molecule has 0 bridgehead atoms. The number of carbonyl (C=O) groups excluding carboxylic acids is 1. The molecule has 1 atom stereocenters. The molecule has 0 saturated heterocycles. The lowest BCUT2D eigenvalue weighted by Crippen LogP contribution is -2.36. The number of hydrogen-bond donors (Lipinski definition) is 3. The van der Waals surface area contributed by atoms with Crippen LogP contribution in [-0.4, -0.2) is 16.1 Å². The number of alkyl halides is 6. The Morgan fingerprint density at radius 2 is 1.42 bits per heavy atom. The van der Waals surface area contributed by atoms with Crippen LogP contribution >= 0.6 is 0 Å². The maximum atomic E-state index is 13.1. The molecule has 0 aromatic heterocycles. The molecule has 1 aliphatic rings. The van der Waals surface area contributed by atoms with Gasteiger partial charge in [-0.15, -0.1) is 0 Å². The first-order chi connectivity index (χ1) is 11.9. The number of fused-ring (bicyclic) bond motifs is 1. The molecule has 26 heavy (non-hydrogen) atoms. The number of benzene rings is 2. The van der Waals surface area contributed by atoms with Crippen molar-refractivity contribution in [3.05, 3.63) is 58.7 Å². The van der Waals surface area contributed by atoms with E-state index in [2.05, 4.69) is 5.32 Å². The van der Waals surface area contributed by atoms with E-state index >= 15 is 0 Å². The van der Waals surface area contributed by atoms with Crippen LogP contribution in [0.25, 0.3) is 0 Å². The summed E-state index contributed by atoms with van der Waals surface area (Å²) in [5.74, 6) is -3.23. The van der Waals surface area contributed by atoms with E-state index in [-0.39, 0.29) is 23.4 Å². The fraction of sp³-hybridized carbons (Fsp3) is 0.188. The highest BCUT2D eigenvalue weighted by atomic mass is 19.4. The highest BCUT2D eigenvalue weighted by molar-refractivity contribution is 6.07. The molecule has 2 aromatic carbocycles. The van der Waals surface area contributed by atoms with Gasteiger partial charge in [0.15, 0.2) is 5.60 Å². The Labute approximate surface area is 141 Å². The Bertz CT molecular complexity index is 871. The highest BCUT2D eigenvalue weighted by Crippen LogP contribution is 2.48. The van der Waals surface area contributed by atoms with Crippen molar-refractivity contribution < 1.29 is 41.4 Å². The maximum absolute atomic E-state index is 13.1. The van der Waals surface area contributed by atoms with Crippen LogP contribution in [0.5, 0.6) is 5.75 Å². The quantitative estimate of drug-likeness (QED) is 0.665. The highest BCUT2D eigenvalue weighted by Gasteiger charge is 2.50. The number of amides is 1. The molecule has 0 spiro atoms. The minimum absolute atomic E-state index is 0.0511. The molecule has 0 aliphatic carbocycles. The van der Waals surface area contributed by atoms with Crippen LogP contribution in [0.15, 0.2) is 36.4 Å². The normalized spacial score (nSPS) is 20.0. The first kappa shape index (κ1) is 18.1. The fourth-order valence-corrected chi connectivity index (χ4v) is 2.80. The Kier molecular flexibility index (Phi) is 3.73. The van der Waals surface area contributed by atoms with Gasteiger partial charge in [0.1, 0.15) is 5.75 Å². The van der Waals surface area contributed by atoms with E-state index in [4.69, 9.17) is 0 Å². The van der Waals surface area contributed by atoms with Crippen molar-refractivity contribution in [3.63, 3.8) is 0 Å². The summed E-state index contributed by atoms with van der Waals surface area (Å²) in [6.45, 7) is 0. The van der Waals surface area contributed by atoms with Crippen molar-refractivity contribution in [3.8, 4) is 5.75 Å². The molecule has 2 aromatic rings. The molecule has 1 aliphatic heterocycles.